The molecule has 0 aliphatic heterocycles. The monoisotopic (exact) mass is 213 g/mol. The highest BCUT2D eigenvalue weighted by atomic mass is 16.5. The Morgan fingerprint density at radius 3 is 2.80 bits per heavy atom. The number of nitrogens with two attached hydrogens (primary N) is 1. The molecule has 0 atom stereocenters. The molecule has 6 nitrogen and oxygen atoms in total. The van der Waals surface area contributed by atoms with E-state index in [1.807, 2.05) is 0 Å². The van der Waals surface area contributed by atoms with E-state index in [0.717, 1.165) is 0 Å². The Labute approximate surface area is 89.3 Å². The van der Waals surface area contributed by atoms with Gasteiger partial charge in [0, 0.05) is 19.9 Å². The Hall–Kier alpha value is -1.31. The number of nitrogens with one attached hydrogen (secondary N) is 1. The molecule has 84 valence electrons. The summed E-state index contributed by atoms with van der Waals surface area (Å²) in [5.74, 6) is 0.173. The smallest absolute Gasteiger partial charge is 0.423 e. The number of nitrogens with zero attached hydrogens (tertiary/aromatic N) is 1. The van der Waals surface area contributed by atoms with Crippen LogP contribution in [0.3, 0.4) is 0 Å². The Morgan fingerprint density at radius 1 is 1.67 bits per heavy atom. The van der Waals surface area contributed by atoms with Crippen LogP contribution >= 0.6 is 0 Å². The summed E-state index contributed by atoms with van der Waals surface area (Å²) in [5.41, 5.74) is 5.63. The van der Waals surface area contributed by atoms with Crippen molar-refractivity contribution in [3.8, 4) is 0 Å². The molecule has 15 heavy (non-hydrogen) atoms. The van der Waals surface area contributed by atoms with E-state index in [1.165, 1.54) is 12.3 Å². The van der Waals surface area contributed by atoms with E-state index in [4.69, 9.17) is 20.5 Å². The van der Waals surface area contributed by atoms with Crippen LogP contribution in [0.15, 0.2) is 29.3 Å². The maximum absolute atomic E-state index is 8.80. The van der Waals surface area contributed by atoms with E-state index in [0.29, 0.717) is 13.2 Å². The summed E-state index contributed by atoms with van der Waals surface area (Å²) in [5, 5.41) is 20.4. The quantitative estimate of drug-likeness (QED) is 0.143. The molecular formula is C8H16BN3O3. The molecule has 0 amide bonds. The van der Waals surface area contributed by atoms with Crippen molar-refractivity contribution in [2.24, 2.45) is 10.7 Å². The van der Waals surface area contributed by atoms with Crippen molar-refractivity contribution in [1.29, 1.82) is 0 Å². The van der Waals surface area contributed by atoms with Gasteiger partial charge in [-0.25, -0.2) is 4.99 Å². The van der Waals surface area contributed by atoms with E-state index >= 15 is 0 Å². The van der Waals surface area contributed by atoms with Crippen LogP contribution in [0.25, 0.3) is 0 Å². The van der Waals surface area contributed by atoms with Gasteiger partial charge >= 0.3 is 7.12 Å². The molecule has 7 heteroatoms. The lowest BCUT2D eigenvalue weighted by Crippen LogP contribution is -2.33. The highest BCUT2D eigenvalue weighted by Gasteiger charge is 2.10. The molecule has 0 fully saturated rings. The first-order chi connectivity index (χ1) is 7.11. The third-order valence-corrected chi connectivity index (χ3v) is 1.50. The summed E-state index contributed by atoms with van der Waals surface area (Å²) in [7, 11) is -0.0228. The Kier molecular flexibility index (Phi) is 7.34. The molecule has 0 unspecified atom stereocenters. The molecule has 0 spiro atoms. The van der Waals surface area contributed by atoms with Crippen molar-refractivity contribution < 1.29 is 14.8 Å². The summed E-state index contributed by atoms with van der Waals surface area (Å²) >= 11 is 0. The number of hydrogen-bond donors (Lipinski definition) is 4. The van der Waals surface area contributed by atoms with Gasteiger partial charge in [-0.1, -0.05) is 12.7 Å². The molecule has 0 aromatic heterocycles. The molecule has 0 aromatic rings. The van der Waals surface area contributed by atoms with Crippen molar-refractivity contribution in [3.05, 3.63) is 24.3 Å². The average molecular weight is 213 g/mol. The van der Waals surface area contributed by atoms with Gasteiger partial charge in [0.25, 0.3) is 0 Å². The van der Waals surface area contributed by atoms with Crippen LogP contribution in [0.5, 0.6) is 0 Å². The zero-order valence-electron chi connectivity index (χ0n) is 8.68. The van der Waals surface area contributed by atoms with Gasteiger partial charge in [0.1, 0.15) is 0 Å². The second-order valence-electron chi connectivity index (χ2n) is 2.64. The zero-order chi connectivity index (χ0) is 11.7. The first-order valence-electron chi connectivity index (χ1n) is 4.36. The number of allylic oxidation sites excluding steroid dienone is 2. The van der Waals surface area contributed by atoms with Crippen LogP contribution in [-0.4, -0.2) is 43.4 Å². The van der Waals surface area contributed by atoms with E-state index in [9.17, 15) is 0 Å². The maximum Gasteiger partial charge on any atom is 0.489 e. The van der Waals surface area contributed by atoms with E-state index in [-0.39, 0.29) is 11.4 Å². The minimum absolute atomic E-state index is 0.173. The van der Waals surface area contributed by atoms with E-state index < -0.39 is 7.12 Å². The van der Waals surface area contributed by atoms with Crippen molar-refractivity contribution in [1.82, 2.24) is 5.32 Å². The molecule has 0 bridgehead atoms. The predicted molar refractivity (Wildman–Crippen MR) is 60.0 cm³/mol. The number of hydrogen-bond acceptors (Lipinski definition) is 4. The highest BCUT2D eigenvalue weighted by molar-refractivity contribution is 6.51. The minimum atomic E-state index is -1.60. The van der Waals surface area contributed by atoms with Gasteiger partial charge in [-0.05, 0) is 5.47 Å². The summed E-state index contributed by atoms with van der Waals surface area (Å²) in [4.78, 5) is 3.76. The van der Waals surface area contributed by atoms with Crippen molar-refractivity contribution in [2.75, 3.05) is 20.3 Å². The fourth-order valence-electron chi connectivity index (χ4n) is 0.696. The van der Waals surface area contributed by atoms with Crippen LogP contribution < -0.4 is 11.1 Å². The SMILES string of the molecule is C=C/C(=C\N=C(/N)NCCOC)B(O)O. The van der Waals surface area contributed by atoms with Crippen molar-refractivity contribution in [3.63, 3.8) is 0 Å². The molecule has 0 aromatic carbocycles. The third kappa shape index (κ3) is 6.72. The van der Waals surface area contributed by atoms with Crippen LogP contribution in [-0.2, 0) is 4.74 Å². The molecule has 0 aliphatic carbocycles. The third-order valence-electron chi connectivity index (χ3n) is 1.50. The topological polar surface area (TPSA) is 100 Å². The lowest BCUT2D eigenvalue weighted by atomic mass is 9.80. The second kappa shape index (κ2) is 8.04. The molecule has 5 N–H and O–H groups in total. The Morgan fingerprint density at radius 2 is 2.33 bits per heavy atom. The summed E-state index contributed by atoms with van der Waals surface area (Å²) in [6.07, 6.45) is 2.52. The summed E-state index contributed by atoms with van der Waals surface area (Å²) in [6, 6.07) is 0. The molecule has 0 heterocycles. The van der Waals surface area contributed by atoms with Crippen LogP contribution in [0, 0.1) is 0 Å². The van der Waals surface area contributed by atoms with E-state index in [2.05, 4.69) is 16.9 Å². The largest absolute Gasteiger partial charge is 0.489 e. The zero-order valence-corrected chi connectivity index (χ0v) is 8.68. The van der Waals surface area contributed by atoms with Gasteiger partial charge in [0.2, 0.25) is 0 Å². The van der Waals surface area contributed by atoms with Crippen LogP contribution in [0.4, 0.5) is 0 Å². The number of ether oxygens (including phenoxy) is 1. The number of guanidine groups is 1. The number of aliphatic imine (C=N–C) groups is 1. The molecule has 0 saturated heterocycles. The standard InChI is InChI=1S/C8H16BN3O3/c1-3-7(9(13)14)6-12-8(10)11-4-5-15-2/h3,6,13-14H,1,4-5H2,2H3,(H3,10,11,12)/b7-6+. The first-order valence-corrected chi connectivity index (χ1v) is 4.36. The molecule has 0 aliphatic rings. The fraction of sp³-hybridized carbons (Fsp3) is 0.375. The fourth-order valence-corrected chi connectivity index (χ4v) is 0.696. The van der Waals surface area contributed by atoms with Gasteiger partial charge in [-0.2, -0.15) is 0 Å². The highest BCUT2D eigenvalue weighted by Crippen LogP contribution is 1.96. The van der Waals surface area contributed by atoms with E-state index in [1.54, 1.807) is 7.11 Å². The Balaban J connectivity index is 4.16. The minimum Gasteiger partial charge on any atom is -0.423 e. The van der Waals surface area contributed by atoms with Crippen LogP contribution in [0.1, 0.15) is 0 Å². The first kappa shape index (κ1) is 13.7. The van der Waals surface area contributed by atoms with Gasteiger partial charge < -0.3 is 25.8 Å². The predicted octanol–water partition coefficient (Wildman–Crippen LogP) is -1.38. The molecule has 0 radical (unpaired) electrons. The molecule has 0 saturated carbocycles. The summed E-state index contributed by atoms with van der Waals surface area (Å²) in [6.45, 7) is 4.44. The van der Waals surface area contributed by atoms with Gasteiger partial charge in [0.05, 0.1) is 6.61 Å². The number of methoxy groups -OCH3 is 1. The van der Waals surface area contributed by atoms with Gasteiger partial charge in [0.15, 0.2) is 5.96 Å². The lowest BCUT2D eigenvalue weighted by molar-refractivity contribution is 0.204. The van der Waals surface area contributed by atoms with Gasteiger partial charge in [-0.15, -0.1) is 0 Å². The summed E-state index contributed by atoms with van der Waals surface area (Å²) < 4.78 is 4.79. The average Bonchev–Trinajstić information content (AvgIpc) is 2.18. The lowest BCUT2D eigenvalue weighted by Gasteiger charge is -2.03. The molecular weight excluding hydrogens is 197 g/mol. The van der Waals surface area contributed by atoms with Crippen molar-refractivity contribution in [2.45, 2.75) is 0 Å². The Bertz CT molecular complexity index is 254. The van der Waals surface area contributed by atoms with Gasteiger partial charge in [-0.3, -0.25) is 0 Å². The normalized spacial score (nSPS) is 12.5. The van der Waals surface area contributed by atoms with Crippen LogP contribution in [0.2, 0.25) is 0 Å². The second-order valence-corrected chi connectivity index (χ2v) is 2.64. The van der Waals surface area contributed by atoms with Crippen molar-refractivity contribution >= 4 is 13.1 Å². The maximum atomic E-state index is 8.80. The number of rotatable bonds is 6. The molecule has 0 rings (SSSR count).